The van der Waals surface area contributed by atoms with Crippen LogP contribution in [0, 0.1) is 0 Å². The van der Waals surface area contributed by atoms with E-state index in [0.29, 0.717) is 0 Å². The van der Waals surface area contributed by atoms with Gasteiger partial charge in [0, 0.05) is 24.9 Å². The average molecular weight is 316 g/mol. The number of ketones is 1. The first-order valence-corrected chi connectivity index (χ1v) is 7.23. The van der Waals surface area contributed by atoms with E-state index in [2.05, 4.69) is 0 Å². The molecule has 0 spiro atoms. The SMILES string of the molecule is CC(C)(C)N.CC(C)(C)OC(=O)N1CCC(=O)C[C@@H]1C(=O)O. The van der Waals surface area contributed by atoms with Gasteiger partial charge in [0.2, 0.25) is 0 Å². The van der Waals surface area contributed by atoms with E-state index in [1.807, 2.05) is 20.8 Å². The Bertz CT molecular complexity index is 415. The van der Waals surface area contributed by atoms with E-state index < -0.39 is 23.7 Å². The summed E-state index contributed by atoms with van der Waals surface area (Å²) in [7, 11) is 0. The van der Waals surface area contributed by atoms with Gasteiger partial charge in [-0.1, -0.05) is 0 Å². The highest BCUT2D eigenvalue weighted by molar-refractivity contribution is 5.90. The first-order valence-electron chi connectivity index (χ1n) is 7.23. The van der Waals surface area contributed by atoms with Crippen molar-refractivity contribution in [3.63, 3.8) is 0 Å². The van der Waals surface area contributed by atoms with Crippen molar-refractivity contribution in [1.29, 1.82) is 0 Å². The molecule has 1 saturated heterocycles. The molecule has 0 aromatic heterocycles. The predicted octanol–water partition coefficient (Wildman–Crippen LogP) is 1.78. The third-order valence-electron chi connectivity index (χ3n) is 2.34. The highest BCUT2D eigenvalue weighted by Crippen LogP contribution is 2.18. The number of rotatable bonds is 1. The lowest BCUT2D eigenvalue weighted by molar-refractivity contribution is -0.147. The molecule has 0 unspecified atom stereocenters. The average Bonchev–Trinajstić information content (AvgIpc) is 2.23. The van der Waals surface area contributed by atoms with E-state index in [1.165, 1.54) is 0 Å². The third-order valence-corrected chi connectivity index (χ3v) is 2.34. The van der Waals surface area contributed by atoms with E-state index in [0.717, 1.165) is 4.90 Å². The number of carboxylic acid groups (broad SMARTS) is 1. The zero-order chi connectivity index (χ0) is 17.7. The van der Waals surface area contributed by atoms with Gasteiger partial charge in [0.25, 0.3) is 0 Å². The minimum atomic E-state index is -1.18. The molecule has 7 nitrogen and oxygen atoms in total. The molecule has 3 N–H and O–H groups in total. The molecule has 7 heteroatoms. The van der Waals surface area contributed by atoms with Crippen LogP contribution in [-0.4, -0.2) is 51.6 Å². The van der Waals surface area contributed by atoms with E-state index >= 15 is 0 Å². The maximum absolute atomic E-state index is 11.8. The molecule has 22 heavy (non-hydrogen) atoms. The molecule has 1 aliphatic heterocycles. The number of piperidine rings is 1. The molecule has 1 aliphatic rings. The first kappa shape index (κ1) is 20.4. The van der Waals surface area contributed by atoms with Gasteiger partial charge in [-0.05, 0) is 41.5 Å². The summed E-state index contributed by atoms with van der Waals surface area (Å²) in [6.07, 6.45) is -0.644. The summed E-state index contributed by atoms with van der Waals surface area (Å²) in [5.41, 5.74) is 4.68. The summed E-state index contributed by atoms with van der Waals surface area (Å²) in [4.78, 5) is 35.0. The summed E-state index contributed by atoms with van der Waals surface area (Å²) in [5.74, 6) is -1.32. The van der Waals surface area contributed by atoms with E-state index in [1.54, 1.807) is 20.8 Å². The molecule has 1 fully saturated rings. The van der Waals surface area contributed by atoms with E-state index in [-0.39, 0.29) is 30.7 Å². The van der Waals surface area contributed by atoms with Gasteiger partial charge in [-0.3, -0.25) is 9.69 Å². The van der Waals surface area contributed by atoms with Crippen LogP contribution in [0.15, 0.2) is 0 Å². The maximum Gasteiger partial charge on any atom is 0.411 e. The van der Waals surface area contributed by atoms with Crippen LogP contribution < -0.4 is 5.73 Å². The maximum atomic E-state index is 11.8. The van der Waals surface area contributed by atoms with Crippen molar-refractivity contribution in [2.75, 3.05) is 6.54 Å². The van der Waals surface area contributed by atoms with Gasteiger partial charge in [0.1, 0.15) is 17.4 Å². The van der Waals surface area contributed by atoms with Crippen LogP contribution in [0.4, 0.5) is 4.79 Å². The van der Waals surface area contributed by atoms with Crippen molar-refractivity contribution in [3.8, 4) is 0 Å². The molecule has 1 heterocycles. The lowest BCUT2D eigenvalue weighted by atomic mass is 10.0. The van der Waals surface area contributed by atoms with Crippen LogP contribution >= 0.6 is 0 Å². The normalized spacial score (nSPS) is 19.1. The lowest BCUT2D eigenvalue weighted by Gasteiger charge is -2.33. The van der Waals surface area contributed by atoms with Crippen molar-refractivity contribution < 1.29 is 24.2 Å². The van der Waals surface area contributed by atoms with Crippen molar-refractivity contribution in [1.82, 2.24) is 4.90 Å². The summed E-state index contributed by atoms with van der Waals surface area (Å²) >= 11 is 0. The van der Waals surface area contributed by atoms with Gasteiger partial charge >= 0.3 is 12.1 Å². The van der Waals surface area contributed by atoms with E-state index in [4.69, 9.17) is 15.6 Å². The Morgan fingerprint density at radius 2 is 1.68 bits per heavy atom. The second kappa shape index (κ2) is 7.58. The fraction of sp³-hybridized carbons (Fsp3) is 0.800. The van der Waals surface area contributed by atoms with Crippen molar-refractivity contribution in [2.45, 2.75) is 71.6 Å². The summed E-state index contributed by atoms with van der Waals surface area (Å²) in [5, 5.41) is 8.97. The van der Waals surface area contributed by atoms with Crippen LogP contribution in [0.2, 0.25) is 0 Å². The number of nitrogens with two attached hydrogens (primary N) is 1. The van der Waals surface area contributed by atoms with Crippen LogP contribution in [0.25, 0.3) is 0 Å². The van der Waals surface area contributed by atoms with Crippen LogP contribution in [0.1, 0.15) is 54.4 Å². The standard InChI is InChI=1S/C11H17NO5.C4H11N/c1-11(2,3)17-10(16)12-5-4-7(13)6-8(12)9(14)15;1-4(2,3)5/h8H,4-6H2,1-3H3,(H,14,15);5H2,1-3H3/t8-;/m1./s1. The monoisotopic (exact) mass is 316 g/mol. The molecule has 0 radical (unpaired) electrons. The number of carboxylic acids is 1. The lowest BCUT2D eigenvalue weighted by Crippen LogP contribution is -2.51. The van der Waals surface area contributed by atoms with Crippen LogP contribution in [0.5, 0.6) is 0 Å². The number of Topliss-reactive ketones (excluding diaryl/α,β-unsaturated/α-hetero) is 1. The summed E-state index contributed by atoms with van der Waals surface area (Å²) in [6.45, 7) is 11.1. The fourth-order valence-corrected chi connectivity index (χ4v) is 1.59. The largest absolute Gasteiger partial charge is 0.480 e. The number of ether oxygens (including phenoxy) is 1. The van der Waals surface area contributed by atoms with Crippen molar-refractivity contribution in [3.05, 3.63) is 0 Å². The number of hydrogen-bond donors (Lipinski definition) is 2. The zero-order valence-electron chi connectivity index (χ0n) is 14.3. The zero-order valence-corrected chi connectivity index (χ0v) is 14.3. The molecule has 0 aromatic carbocycles. The quantitative estimate of drug-likeness (QED) is 0.763. The Hall–Kier alpha value is -1.63. The highest BCUT2D eigenvalue weighted by atomic mass is 16.6. The first-order chi connectivity index (χ1) is 9.70. The number of hydrogen-bond acceptors (Lipinski definition) is 5. The van der Waals surface area contributed by atoms with Crippen LogP contribution in [0.3, 0.4) is 0 Å². The summed E-state index contributed by atoms with van der Waals surface area (Å²) < 4.78 is 5.11. The van der Waals surface area contributed by atoms with Crippen molar-refractivity contribution >= 4 is 17.8 Å². The number of nitrogens with zero attached hydrogens (tertiary/aromatic N) is 1. The minimum Gasteiger partial charge on any atom is -0.480 e. The number of carbonyl (C=O) groups is 3. The van der Waals surface area contributed by atoms with Crippen molar-refractivity contribution in [2.24, 2.45) is 5.73 Å². The molecular weight excluding hydrogens is 288 g/mol. The molecule has 0 aliphatic carbocycles. The van der Waals surface area contributed by atoms with Gasteiger partial charge in [-0.25, -0.2) is 9.59 Å². The Balaban J connectivity index is 0.000000763. The van der Waals surface area contributed by atoms with Gasteiger partial charge < -0.3 is 15.6 Å². The second-order valence-electron chi connectivity index (χ2n) is 7.39. The molecule has 1 amide bonds. The number of likely N-dealkylation sites (tertiary alicyclic amines) is 1. The predicted molar refractivity (Wildman–Crippen MR) is 82.5 cm³/mol. The van der Waals surface area contributed by atoms with Gasteiger partial charge in [-0.2, -0.15) is 0 Å². The molecule has 0 saturated carbocycles. The number of carbonyl (C=O) groups excluding carboxylic acids is 2. The van der Waals surface area contributed by atoms with Gasteiger partial charge in [-0.15, -0.1) is 0 Å². The Kier molecular flexibility index (Phi) is 7.02. The topological polar surface area (TPSA) is 110 Å². The fourth-order valence-electron chi connectivity index (χ4n) is 1.59. The number of aliphatic carboxylic acids is 1. The Labute approximate surface area is 131 Å². The molecule has 128 valence electrons. The van der Waals surface area contributed by atoms with Crippen LogP contribution in [-0.2, 0) is 14.3 Å². The minimum absolute atomic E-state index is 0. The molecule has 0 aromatic rings. The van der Waals surface area contributed by atoms with Gasteiger partial charge in [0.05, 0.1) is 0 Å². The highest BCUT2D eigenvalue weighted by Gasteiger charge is 2.37. The molecule has 1 rings (SSSR count). The molecule has 0 bridgehead atoms. The number of amides is 1. The third kappa shape index (κ3) is 9.33. The Morgan fingerprint density at radius 1 is 1.23 bits per heavy atom. The Morgan fingerprint density at radius 3 is 2.05 bits per heavy atom. The smallest absolute Gasteiger partial charge is 0.411 e. The molecular formula is C15H28N2O5. The second-order valence-corrected chi connectivity index (χ2v) is 7.39. The molecule has 1 atom stereocenters. The van der Waals surface area contributed by atoms with E-state index in [9.17, 15) is 14.4 Å². The van der Waals surface area contributed by atoms with Gasteiger partial charge in [0.15, 0.2) is 0 Å². The summed E-state index contributed by atoms with van der Waals surface area (Å²) in [6, 6.07) is -1.11.